The van der Waals surface area contributed by atoms with E-state index in [1.54, 1.807) is 36.2 Å². The molecule has 3 N–H and O–H groups in total. The van der Waals surface area contributed by atoms with E-state index in [4.69, 9.17) is 4.74 Å². The van der Waals surface area contributed by atoms with Crippen LogP contribution in [0.25, 0.3) is 0 Å². The van der Waals surface area contributed by atoms with Crippen LogP contribution in [0.3, 0.4) is 0 Å². The summed E-state index contributed by atoms with van der Waals surface area (Å²) in [6, 6.07) is 13.8. The quantitative estimate of drug-likeness (QED) is 0.435. The SMILES string of the molecule is CN1C(=O)[C@@H](CC2(O)CCCCC2)NC(=O)C12CCN(Cc1ccc(Oc3ccc(NS(C)(=O)=O)cc3)cc1)CC2. The van der Waals surface area contributed by atoms with Crippen molar-refractivity contribution in [2.45, 2.75) is 75.1 Å². The lowest BCUT2D eigenvalue weighted by Gasteiger charge is -2.51. The van der Waals surface area contributed by atoms with Crippen molar-refractivity contribution < 1.29 is 27.9 Å². The van der Waals surface area contributed by atoms with E-state index < -0.39 is 27.2 Å². The standard InChI is InChI=1S/C30H40N4O6S/c1-33-27(35)26(20-29(37)14-4-3-5-15-29)31-28(36)30(33)16-18-34(19-17-30)21-22-6-10-24(11-7-22)40-25-12-8-23(9-13-25)32-41(2,38)39/h6-13,26,32,37H,3-5,14-21H2,1-2H3,(H,31,36)/t26-/m1/s1. The molecular weight excluding hydrogens is 544 g/mol. The van der Waals surface area contributed by atoms with E-state index in [1.807, 2.05) is 24.3 Å². The Morgan fingerprint density at radius 2 is 1.54 bits per heavy atom. The van der Waals surface area contributed by atoms with Crippen molar-refractivity contribution in [1.82, 2.24) is 15.1 Å². The van der Waals surface area contributed by atoms with Gasteiger partial charge in [0.05, 0.1) is 11.9 Å². The second-order valence-corrected chi connectivity index (χ2v) is 13.6. The number of rotatable bonds is 8. The Labute approximate surface area is 242 Å². The molecule has 2 heterocycles. The molecule has 0 aromatic heterocycles. The molecule has 3 fully saturated rings. The molecule has 222 valence electrons. The molecule has 11 heteroatoms. The molecule has 2 amide bonds. The Balaban J connectivity index is 1.13. The average molecular weight is 585 g/mol. The molecule has 0 unspecified atom stereocenters. The third-order valence-corrected chi connectivity index (χ3v) is 9.38. The lowest BCUT2D eigenvalue weighted by molar-refractivity contribution is -0.161. The highest BCUT2D eigenvalue weighted by atomic mass is 32.2. The summed E-state index contributed by atoms with van der Waals surface area (Å²) in [5.74, 6) is 1.05. The molecule has 1 saturated carbocycles. The van der Waals surface area contributed by atoms with Gasteiger partial charge in [-0.15, -0.1) is 0 Å². The van der Waals surface area contributed by atoms with Crippen LogP contribution in [0.15, 0.2) is 48.5 Å². The molecule has 1 spiro atoms. The number of amides is 2. The number of carbonyl (C=O) groups is 2. The monoisotopic (exact) mass is 584 g/mol. The van der Waals surface area contributed by atoms with E-state index in [0.29, 0.717) is 56.0 Å². The number of likely N-dealkylation sites (tertiary alicyclic amines) is 1. The summed E-state index contributed by atoms with van der Waals surface area (Å²) >= 11 is 0. The van der Waals surface area contributed by atoms with Crippen molar-refractivity contribution >= 4 is 27.5 Å². The smallest absolute Gasteiger partial charge is 0.246 e. The number of anilines is 1. The van der Waals surface area contributed by atoms with E-state index in [0.717, 1.165) is 37.6 Å². The molecule has 10 nitrogen and oxygen atoms in total. The van der Waals surface area contributed by atoms with Crippen molar-refractivity contribution in [3.63, 3.8) is 0 Å². The number of hydrogen-bond donors (Lipinski definition) is 3. The van der Waals surface area contributed by atoms with Gasteiger partial charge in [0.15, 0.2) is 0 Å². The first-order valence-electron chi connectivity index (χ1n) is 14.3. The first-order valence-corrected chi connectivity index (χ1v) is 16.2. The van der Waals surface area contributed by atoms with Crippen LogP contribution >= 0.6 is 0 Å². The van der Waals surface area contributed by atoms with Crippen LogP contribution < -0.4 is 14.8 Å². The first-order chi connectivity index (χ1) is 19.4. The van der Waals surface area contributed by atoms with Crippen molar-refractivity contribution in [1.29, 1.82) is 0 Å². The molecule has 3 aliphatic rings. The first kappa shape index (κ1) is 29.3. The third kappa shape index (κ3) is 6.85. The predicted molar refractivity (Wildman–Crippen MR) is 156 cm³/mol. The highest BCUT2D eigenvalue weighted by molar-refractivity contribution is 7.92. The second kappa shape index (κ2) is 11.6. The van der Waals surface area contributed by atoms with Crippen molar-refractivity contribution in [3.8, 4) is 11.5 Å². The molecule has 5 rings (SSSR count). The molecule has 0 radical (unpaired) electrons. The summed E-state index contributed by atoms with van der Waals surface area (Å²) in [5, 5.41) is 13.9. The fraction of sp³-hybridized carbons (Fsp3) is 0.533. The van der Waals surface area contributed by atoms with E-state index >= 15 is 0 Å². The van der Waals surface area contributed by atoms with Gasteiger partial charge >= 0.3 is 0 Å². The normalized spacial score (nSPS) is 22.8. The van der Waals surface area contributed by atoms with E-state index in [1.165, 1.54) is 0 Å². The molecule has 1 aliphatic carbocycles. The topological polar surface area (TPSA) is 128 Å². The number of likely N-dealkylation sites (N-methyl/N-ethyl adjacent to an activating group) is 1. The number of benzene rings is 2. The molecule has 0 bridgehead atoms. The van der Waals surface area contributed by atoms with Crippen molar-refractivity contribution in [2.75, 3.05) is 31.1 Å². The van der Waals surface area contributed by atoms with Crippen LogP contribution in [-0.2, 0) is 26.2 Å². The fourth-order valence-electron chi connectivity index (χ4n) is 6.39. The van der Waals surface area contributed by atoms with Gasteiger partial charge in [-0.05, 0) is 67.6 Å². The van der Waals surface area contributed by atoms with Crippen molar-refractivity contribution in [2.24, 2.45) is 0 Å². The minimum atomic E-state index is -3.33. The number of sulfonamides is 1. The van der Waals surface area contributed by atoms with Gasteiger partial charge in [0.1, 0.15) is 23.1 Å². The van der Waals surface area contributed by atoms with Crippen LogP contribution in [0, 0.1) is 0 Å². The van der Waals surface area contributed by atoms with E-state index in [9.17, 15) is 23.1 Å². The van der Waals surface area contributed by atoms with Crippen LogP contribution in [-0.4, -0.2) is 78.7 Å². The lowest BCUT2D eigenvalue weighted by atomic mass is 9.77. The average Bonchev–Trinajstić information content (AvgIpc) is 2.93. The zero-order valence-corrected chi connectivity index (χ0v) is 24.6. The van der Waals surface area contributed by atoms with E-state index in [-0.39, 0.29) is 18.2 Å². The van der Waals surface area contributed by atoms with Gasteiger partial charge in [-0.3, -0.25) is 19.2 Å². The molecule has 41 heavy (non-hydrogen) atoms. The summed E-state index contributed by atoms with van der Waals surface area (Å²) in [4.78, 5) is 30.6. The summed E-state index contributed by atoms with van der Waals surface area (Å²) < 4.78 is 31.1. The Bertz CT molecular complexity index is 1350. The third-order valence-electron chi connectivity index (χ3n) is 8.77. The lowest BCUT2D eigenvalue weighted by Crippen LogP contribution is -2.72. The Kier molecular flexibility index (Phi) is 8.31. The number of carbonyl (C=O) groups excluding carboxylic acids is 2. The van der Waals surface area contributed by atoms with Gasteiger partial charge < -0.3 is 20.1 Å². The molecule has 1 atom stereocenters. The van der Waals surface area contributed by atoms with Crippen LogP contribution in [0.4, 0.5) is 5.69 Å². The van der Waals surface area contributed by atoms with Crippen LogP contribution in [0.1, 0.15) is 56.9 Å². The number of nitrogens with one attached hydrogen (secondary N) is 2. The predicted octanol–water partition coefficient (Wildman–Crippen LogP) is 3.23. The highest BCUT2D eigenvalue weighted by Gasteiger charge is 2.53. The number of hydrogen-bond acceptors (Lipinski definition) is 7. The molecule has 2 aromatic carbocycles. The van der Waals surface area contributed by atoms with Gasteiger partial charge in [0, 0.05) is 38.8 Å². The van der Waals surface area contributed by atoms with Gasteiger partial charge in [0.2, 0.25) is 21.8 Å². The summed E-state index contributed by atoms with van der Waals surface area (Å²) in [7, 11) is -1.59. The van der Waals surface area contributed by atoms with Gasteiger partial charge in [0.25, 0.3) is 0 Å². The van der Waals surface area contributed by atoms with E-state index in [2.05, 4.69) is 14.9 Å². The summed E-state index contributed by atoms with van der Waals surface area (Å²) in [5.41, 5.74) is -0.135. The van der Waals surface area contributed by atoms with Gasteiger partial charge in [-0.2, -0.15) is 0 Å². The molecule has 2 aliphatic heterocycles. The van der Waals surface area contributed by atoms with Crippen molar-refractivity contribution in [3.05, 3.63) is 54.1 Å². The zero-order chi connectivity index (χ0) is 29.3. The number of piperazine rings is 1. The second-order valence-electron chi connectivity index (χ2n) is 11.9. The number of ether oxygens (including phenoxy) is 1. The Morgan fingerprint density at radius 1 is 0.951 bits per heavy atom. The Hall–Kier alpha value is -3.15. The maximum absolute atomic E-state index is 13.4. The maximum atomic E-state index is 13.4. The minimum Gasteiger partial charge on any atom is -0.457 e. The summed E-state index contributed by atoms with van der Waals surface area (Å²) in [6.07, 6.45) is 6.89. The maximum Gasteiger partial charge on any atom is 0.246 e. The number of nitrogens with zero attached hydrogens (tertiary/aromatic N) is 2. The molecule has 2 aromatic rings. The summed E-state index contributed by atoms with van der Waals surface area (Å²) in [6.45, 7) is 2.09. The minimum absolute atomic E-state index is 0.103. The zero-order valence-electron chi connectivity index (χ0n) is 23.8. The van der Waals surface area contributed by atoms with Crippen LogP contribution in [0.2, 0.25) is 0 Å². The molecule has 2 saturated heterocycles. The largest absolute Gasteiger partial charge is 0.457 e. The van der Waals surface area contributed by atoms with Gasteiger partial charge in [-0.1, -0.05) is 31.4 Å². The Morgan fingerprint density at radius 3 is 2.12 bits per heavy atom. The fourth-order valence-corrected chi connectivity index (χ4v) is 6.95. The number of aliphatic hydroxyl groups is 1. The van der Waals surface area contributed by atoms with Gasteiger partial charge in [-0.25, -0.2) is 8.42 Å². The number of piperidine rings is 1. The van der Waals surface area contributed by atoms with Crippen LogP contribution in [0.5, 0.6) is 11.5 Å². The molecular formula is C30H40N4O6S. The highest BCUT2D eigenvalue weighted by Crippen LogP contribution is 2.37.